The van der Waals surface area contributed by atoms with Gasteiger partial charge in [0.05, 0.1) is 16.1 Å². The first-order chi connectivity index (χ1) is 14.5. The molecule has 158 valence electrons. The number of likely N-dealkylation sites (tertiary alicyclic amines) is 1. The van der Waals surface area contributed by atoms with E-state index in [-0.39, 0.29) is 5.91 Å². The second-order valence-corrected chi connectivity index (χ2v) is 8.00. The van der Waals surface area contributed by atoms with E-state index in [2.05, 4.69) is 14.9 Å². The maximum atomic E-state index is 12.7. The minimum Gasteiger partial charge on any atom is -0.365 e. The van der Waals surface area contributed by atoms with Crippen LogP contribution in [0.5, 0.6) is 0 Å². The molecule has 0 unspecified atom stereocenters. The highest BCUT2D eigenvalue weighted by Gasteiger charge is 2.25. The molecule has 2 aliphatic rings. The van der Waals surface area contributed by atoms with Gasteiger partial charge < -0.3 is 20.4 Å². The molecule has 0 saturated carbocycles. The van der Waals surface area contributed by atoms with Gasteiger partial charge >= 0.3 is 0 Å². The van der Waals surface area contributed by atoms with E-state index in [1.54, 1.807) is 30.6 Å². The van der Waals surface area contributed by atoms with Gasteiger partial charge in [0.1, 0.15) is 11.6 Å². The number of nitrogens with zero attached hydrogens (tertiary/aromatic N) is 5. The number of hydrogen-bond acceptors (Lipinski definition) is 6. The predicted molar refractivity (Wildman–Crippen MR) is 116 cm³/mol. The third-order valence-corrected chi connectivity index (χ3v) is 5.92. The van der Waals surface area contributed by atoms with Crippen LogP contribution in [-0.4, -0.2) is 66.0 Å². The van der Waals surface area contributed by atoms with Gasteiger partial charge in [-0.2, -0.15) is 0 Å². The van der Waals surface area contributed by atoms with Crippen LogP contribution < -0.4 is 15.5 Å². The number of piperidine rings is 1. The van der Waals surface area contributed by atoms with Crippen molar-refractivity contribution in [2.24, 2.45) is 5.73 Å². The number of piperazine rings is 1. The maximum Gasteiger partial charge on any atom is 0.255 e. The fourth-order valence-corrected chi connectivity index (χ4v) is 4.32. The van der Waals surface area contributed by atoms with Crippen LogP contribution in [0.1, 0.15) is 40.0 Å². The number of hydrogen-bond donors (Lipinski definition) is 1. The summed E-state index contributed by atoms with van der Waals surface area (Å²) in [4.78, 5) is 39.2. The average Bonchev–Trinajstić information content (AvgIpc) is 2.79. The van der Waals surface area contributed by atoms with Crippen LogP contribution in [0.4, 0.5) is 11.6 Å². The minimum absolute atomic E-state index is 0.00500. The fraction of sp³-hybridized carbons (Fsp3) is 0.429. The second-order valence-electron chi connectivity index (χ2n) is 7.60. The number of halogens is 1. The highest BCUT2D eigenvalue weighted by Crippen LogP contribution is 2.27. The van der Waals surface area contributed by atoms with Crippen LogP contribution in [0.2, 0.25) is 5.02 Å². The lowest BCUT2D eigenvalue weighted by Crippen LogP contribution is -2.47. The van der Waals surface area contributed by atoms with Crippen molar-refractivity contribution < 1.29 is 9.59 Å². The first-order valence-corrected chi connectivity index (χ1v) is 10.6. The number of rotatable bonds is 4. The molecule has 0 aliphatic carbocycles. The molecule has 2 fully saturated rings. The van der Waals surface area contributed by atoms with Crippen LogP contribution in [0, 0.1) is 0 Å². The van der Waals surface area contributed by atoms with Crippen LogP contribution >= 0.6 is 11.6 Å². The highest BCUT2D eigenvalue weighted by molar-refractivity contribution is 6.33. The Balaban J connectivity index is 1.44. The van der Waals surface area contributed by atoms with Crippen molar-refractivity contribution in [3.8, 4) is 0 Å². The molecule has 4 rings (SSSR count). The Morgan fingerprint density at radius 2 is 1.60 bits per heavy atom. The highest BCUT2D eigenvalue weighted by atomic mass is 35.5. The minimum atomic E-state index is -0.487. The molecule has 0 bridgehead atoms. The molecule has 0 atom stereocenters. The summed E-state index contributed by atoms with van der Waals surface area (Å²) >= 11 is 6.50. The number of primary amides is 1. The van der Waals surface area contributed by atoms with Gasteiger partial charge in [0.15, 0.2) is 0 Å². The summed E-state index contributed by atoms with van der Waals surface area (Å²) in [6.07, 6.45) is 6.54. The molecule has 4 heterocycles. The van der Waals surface area contributed by atoms with Gasteiger partial charge in [-0.25, -0.2) is 9.97 Å². The molecular formula is C21H25ClN6O2. The normalized spacial score (nSPS) is 17.2. The Hall–Kier alpha value is -2.87. The van der Waals surface area contributed by atoms with Crippen molar-refractivity contribution in [2.75, 3.05) is 49.1 Å². The summed E-state index contributed by atoms with van der Waals surface area (Å²) < 4.78 is 0. The molecule has 0 aromatic carbocycles. The molecule has 2 aromatic heterocycles. The summed E-state index contributed by atoms with van der Waals surface area (Å²) in [5, 5.41) is 0.474. The Bertz CT molecular complexity index is 939. The third-order valence-electron chi connectivity index (χ3n) is 5.64. The van der Waals surface area contributed by atoms with Gasteiger partial charge in [-0.05, 0) is 37.5 Å². The monoisotopic (exact) mass is 428 g/mol. The lowest BCUT2D eigenvalue weighted by Gasteiger charge is -2.37. The number of pyridine rings is 2. The van der Waals surface area contributed by atoms with Gasteiger partial charge in [0, 0.05) is 51.7 Å². The molecule has 2 aliphatic heterocycles. The molecule has 30 heavy (non-hydrogen) atoms. The van der Waals surface area contributed by atoms with E-state index in [9.17, 15) is 9.59 Å². The zero-order valence-corrected chi connectivity index (χ0v) is 17.5. The maximum absolute atomic E-state index is 12.7. The van der Waals surface area contributed by atoms with Gasteiger partial charge in [-0.1, -0.05) is 11.6 Å². The predicted octanol–water partition coefficient (Wildman–Crippen LogP) is 2.18. The number of carbonyl (C=O) groups excluding carboxylic acids is 2. The van der Waals surface area contributed by atoms with E-state index in [0.29, 0.717) is 54.0 Å². The smallest absolute Gasteiger partial charge is 0.255 e. The zero-order chi connectivity index (χ0) is 21.1. The van der Waals surface area contributed by atoms with Crippen LogP contribution in [-0.2, 0) is 0 Å². The number of nitrogens with two attached hydrogens (primary N) is 1. The van der Waals surface area contributed by atoms with Crippen LogP contribution in [0.3, 0.4) is 0 Å². The molecule has 8 nitrogen and oxygen atoms in total. The summed E-state index contributed by atoms with van der Waals surface area (Å²) in [5.41, 5.74) is 6.43. The van der Waals surface area contributed by atoms with E-state index in [0.717, 1.165) is 25.9 Å². The van der Waals surface area contributed by atoms with Crippen molar-refractivity contribution in [1.82, 2.24) is 14.9 Å². The van der Waals surface area contributed by atoms with Gasteiger partial charge in [0.25, 0.3) is 11.8 Å². The first kappa shape index (κ1) is 20.4. The Kier molecular flexibility index (Phi) is 6.03. The van der Waals surface area contributed by atoms with Gasteiger partial charge in [-0.15, -0.1) is 0 Å². The molecule has 2 aromatic rings. The fourth-order valence-electron chi connectivity index (χ4n) is 4.03. The van der Waals surface area contributed by atoms with Crippen molar-refractivity contribution >= 4 is 35.1 Å². The summed E-state index contributed by atoms with van der Waals surface area (Å²) in [5.74, 6) is 0.780. The number of amides is 2. The molecular weight excluding hydrogens is 404 g/mol. The Morgan fingerprint density at radius 1 is 0.933 bits per heavy atom. The SMILES string of the molecule is NC(=O)c1cccnc1N1CCN(c2ncc(C(=O)N3CCCCC3)cc2Cl)CC1. The summed E-state index contributed by atoms with van der Waals surface area (Å²) in [7, 11) is 0. The van der Waals surface area contributed by atoms with E-state index in [4.69, 9.17) is 17.3 Å². The van der Waals surface area contributed by atoms with E-state index in [1.165, 1.54) is 6.42 Å². The number of anilines is 2. The van der Waals surface area contributed by atoms with Crippen molar-refractivity contribution in [3.05, 3.63) is 46.7 Å². The second kappa shape index (κ2) is 8.87. The lowest BCUT2D eigenvalue weighted by molar-refractivity contribution is 0.0723. The summed E-state index contributed by atoms with van der Waals surface area (Å²) in [6.45, 7) is 4.23. The standard InChI is InChI=1S/C21H25ClN6O2/c22-17-13-15(21(30)28-7-2-1-3-8-28)14-25-20(17)27-11-9-26(10-12-27)19-16(18(23)29)5-4-6-24-19/h4-6,13-14H,1-3,7-12H2,(H2,23,29). The molecule has 2 saturated heterocycles. The first-order valence-electron chi connectivity index (χ1n) is 10.2. The Morgan fingerprint density at radius 3 is 2.23 bits per heavy atom. The van der Waals surface area contributed by atoms with Crippen molar-refractivity contribution in [2.45, 2.75) is 19.3 Å². The quantitative estimate of drug-likeness (QED) is 0.801. The van der Waals surface area contributed by atoms with Crippen LogP contribution in [0.15, 0.2) is 30.6 Å². The van der Waals surface area contributed by atoms with Crippen molar-refractivity contribution in [3.63, 3.8) is 0 Å². The molecule has 0 radical (unpaired) electrons. The largest absolute Gasteiger partial charge is 0.365 e. The van der Waals surface area contributed by atoms with Gasteiger partial charge in [0.2, 0.25) is 0 Å². The van der Waals surface area contributed by atoms with E-state index < -0.39 is 5.91 Å². The number of carbonyl (C=O) groups is 2. The topological polar surface area (TPSA) is 95.7 Å². The summed E-state index contributed by atoms with van der Waals surface area (Å²) in [6, 6.07) is 5.11. The van der Waals surface area contributed by atoms with Crippen LogP contribution in [0.25, 0.3) is 0 Å². The lowest BCUT2D eigenvalue weighted by atomic mass is 10.1. The van der Waals surface area contributed by atoms with Gasteiger partial charge in [-0.3, -0.25) is 9.59 Å². The number of aromatic nitrogens is 2. The molecule has 2 amide bonds. The van der Waals surface area contributed by atoms with Crippen molar-refractivity contribution in [1.29, 1.82) is 0 Å². The third kappa shape index (κ3) is 4.18. The molecule has 9 heteroatoms. The molecule has 2 N–H and O–H groups in total. The Labute approximate surface area is 180 Å². The van der Waals surface area contributed by atoms with E-state index >= 15 is 0 Å². The zero-order valence-electron chi connectivity index (χ0n) is 16.8. The van der Waals surface area contributed by atoms with E-state index in [1.807, 2.05) is 9.80 Å². The average molecular weight is 429 g/mol. The molecule has 0 spiro atoms.